The van der Waals surface area contributed by atoms with Crippen LogP contribution in [0, 0.1) is 0 Å². The van der Waals surface area contributed by atoms with Crippen molar-refractivity contribution in [3.63, 3.8) is 0 Å². The number of anilines is 1. The number of hydrogen-bond donors (Lipinski definition) is 0. The maximum Gasteiger partial charge on any atom is 0.259 e. The van der Waals surface area contributed by atoms with Crippen molar-refractivity contribution in [1.29, 1.82) is 0 Å². The van der Waals surface area contributed by atoms with E-state index in [4.69, 9.17) is 4.74 Å². The minimum atomic E-state index is -0.00635. The highest BCUT2D eigenvalue weighted by atomic mass is 16.5. The van der Waals surface area contributed by atoms with Gasteiger partial charge in [0.15, 0.2) is 0 Å². The van der Waals surface area contributed by atoms with Crippen LogP contribution in [0.25, 0.3) is 0 Å². The minimum absolute atomic E-state index is 0.00635. The van der Waals surface area contributed by atoms with Crippen LogP contribution >= 0.6 is 0 Å². The first-order valence-corrected chi connectivity index (χ1v) is 9.10. The van der Waals surface area contributed by atoms with Crippen molar-refractivity contribution in [3.05, 3.63) is 47.8 Å². The number of likely N-dealkylation sites (tertiary alicyclic amines) is 1. The summed E-state index contributed by atoms with van der Waals surface area (Å²) in [6.45, 7) is 3.85. The molecule has 0 unspecified atom stereocenters. The second kappa shape index (κ2) is 8.17. The molecule has 0 spiro atoms. The molecular formula is C20H26N4O2. The summed E-state index contributed by atoms with van der Waals surface area (Å²) in [5.41, 5.74) is 1.77. The van der Waals surface area contributed by atoms with Gasteiger partial charge in [0, 0.05) is 45.5 Å². The molecule has 2 aromatic heterocycles. The van der Waals surface area contributed by atoms with E-state index in [0.717, 1.165) is 25.2 Å². The highest BCUT2D eigenvalue weighted by Crippen LogP contribution is 2.30. The van der Waals surface area contributed by atoms with Gasteiger partial charge < -0.3 is 14.5 Å². The van der Waals surface area contributed by atoms with E-state index in [2.05, 4.69) is 22.1 Å². The molecule has 0 aliphatic carbocycles. The summed E-state index contributed by atoms with van der Waals surface area (Å²) in [5, 5.41) is 0. The lowest BCUT2D eigenvalue weighted by molar-refractivity contribution is 0.0702. The Morgan fingerprint density at radius 1 is 1.31 bits per heavy atom. The number of pyridine rings is 2. The number of aromatic nitrogens is 2. The van der Waals surface area contributed by atoms with Gasteiger partial charge >= 0.3 is 0 Å². The quantitative estimate of drug-likeness (QED) is 0.826. The molecule has 0 aromatic carbocycles. The number of hydrogen-bond acceptors (Lipinski definition) is 5. The van der Waals surface area contributed by atoms with Crippen LogP contribution in [0.5, 0.6) is 5.88 Å². The van der Waals surface area contributed by atoms with Crippen molar-refractivity contribution >= 4 is 11.7 Å². The second-order valence-electron chi connectivity index (χ2n) is 6.72. The standard InChI is InChI=1S/C20H26N4O2/c1-4-26-19-17(8-5-10-22-19)20(25)24-12-6-7-16(14-24)15-9-11-21-18(13-15)23(2)3/h5,8-11,13,16H,4,6-7,12,14H2,1-3H3/t16-/m1/s1. The van der Waals surface area contributed by atoms with Gasteiger partial charge in [0.1, 0.15) is 11.4 Å². The molecule has 0 radical (unpaired) electrons. The molecule has 6 heteroatoms. The van der Waals surface area contributed by atoms with Crippen molar-refractivity contribution in [3.8, 4) is 5.88 Å². The van der Waals surface area contributed by atoms with Gasteiger partial charge in [-0.15, -0.1) is 0 Å². The Kier molecular flexibility index (Phi) is 5.71. The Hall–Kier alpha value is -2.63. The number of nitrogens with zero attached hydrogens (tertiary/aromatic N) is 4. The fourth-order valence-corrected chi connectivity index (χ4v) is 3.34. The predicted octanol–water partition coefficient (Wildman–Crippen LogP) is 2.96. The highest BCUT2D eigenvalue weighted by molar-refractivity contribution is 5.96. The van der Waals surface area contributed by atoms with Gasteiger partial charge in [-0.25, -0.2) is 9.97 Å². The summed E-state index contributed by atoms with van der Waals surface area (Å²) in [5.74, 6) is 1.67. The molecule has 1 saturated heterocycles. The Labute approximate surface area is 154 Å². The molecule has 3 heterocycles. The Bertz CT molecular complexity index is 763. The third kappa shape index (κ3) is 3.95. The van der Waals surface area contributed by atoms with Crippen LogP contribution in [-0.4, -0.2) is 54.6 Å². The lowest BCUT2D eigenvalue weighted by Crippen LogP contribution is -2.39. The van der Waals surface area contributed by atoms with Crippen molar-refractivity contribution in [1.82, 2.24) is 14.9 Å². The molecular weight excluding hydrogens is 328 g/mol. The zero-order valence-electron chi connectivity index (χ0n) is 15.7. The first-order valence-electron chi connectivity index (χ1n) is 9.10. The number of rotatable bonds is 5. The average molecular weight is 354 g/mol. The molecule has 3 rings (SSSR count). The molecule has 1 aliphatic heterocycles. The average Bonchev–Trinajstić information content (AvgIpc) is 2.68. The summed E-state index contributed by atoms with van der Waals surface area (Å²) in [7, 11) is 3.97. The molecule has 1 aliphatic rings. The molecule has 0 bridgehead atoms. The molecule has 1 amide bonds. The normalized spacial score (nSPS) is 17.0. The molecule has 1 atom stereocenters. The van der Waals surface area contributed by atoms with Gasteiger partial charge in [-0.05, 0) is 49.6 Å². The van der Waals surface area contributed by atoms with Crippen LogP contribution in [0.3, 0.4) is 0 Å². The summed E-state index contributed by atoms with van der Waals surface area (Å²) in [4.78, 5) is 25.5. The first-order chi connectivity index (χ1) is 12.6. The summed E-state index contributed by atoms with van der Waals surface area (Å²) in [6.07, 6.45) is 5.56. The van der Waals surface area contributed by atoms with Crippen LogP contribution in [-0.2, 0) is 0 Å². The maximum absolute atomic E-state index is 13.0. The van der Waals surface area contributed by atoms with Crippen LogP contribution in [0.15, 0.2) is 36.7 Å². The Morgan fingerprint density at radius 3 is 2.92 bits per heavy atom. The van der Waals surface area contributed by atoms with Crippen LogP contribution in [0.1, 0.15) is 41.6 Å². The van der Waals surface area contributed by atoms with E-state index in [9.17, 15) is 4.79 Å². The highest BCUT2D eigenvalue weighted by Gasteiger charge is 2.27. The van der Waals surface area contributed by atoms with Crippen molar-refractivity contribution in [2.24, 2.45) is 0 Å². The van der Waals surface area contributed by atoms with Crippen LogP contribution in [0.4, 0.5) is 5.82 Å². The van der Waals surface area contributed by atoms with Gasteiger partial charge in [-0.3, -0.25) is 4.79 Å². The van der Waals surface area contributed by atoms with E-state index in [1.54, 1.807) is 18.3 Å². The number of piperidine rings is 1. The SMILES string of the molecule is CCOc1ncccc1C(=O)N1CCC[C@@H](c2ccnc(N(C)C)c2)C1. The van der Waals surface area contributed by atoms with Gasteiger partial charge in [-0.2, -0.15) is 0 Å². The molecule has 6 nitrogen and oxygen atoms in total. The minimum Gasteiger partial charge on any atom is -0.477 e. The van der Waals surface area contributed by atoms with E-state index in [0.29, 0.717) is 30.5 Å². The predicted molar refractivity (Wildman–Crippen MR) is 102 cm³/mol. The number of carbonyl (C=O) groups excluding carboxylic acids is 1. The van der Waals surface area contributed by atoms with Crippen molar-refractivity contribution in [2.45, 2.75) is 25.7 Å². The Morgan fingerprint density at radius 2 is 2.15 bits per heavy atom. The Balaban J connectivity index is 1.78. The maximum atomic E-state index is 13.0. The topological polar surface area (TPSA) is 58.6 Å². The van der Waals surface area contributed by atoms with Crippen LogP contribution in [0.2, 0.25) is 0 Å². The lowest BCUT2D eigenvalue weighted by atomic mass is 9.91. The number of carbonyl (C=O) groups is 1. The van der Waals surface area contributed by atoms with E-state index < -0.39 is 0 Å². The van der Waals surface area contributed by atoms with Gasteiger partial charge in [0.25, 0.3) is 5.91 Å². The van der Waals surface area contributed by atoms with Crippen molar-refractivity contribution in [2.75, 3.05) is 38.7 Å². The molecule has 2 aromatic rings. The largest absolute Gasteiger partial charge is 0.477 e. The molecule has 0 N–H and O–H groups in total. The van der Waals surface area contributed by atoms with Gasteiger partial charge in [-0.1, -0.05) is 0 Å². The third-order valence-corrected chi connectivity index (χ3v) is 4.69. The third-order valence-electron chi connectivity index (χ3n) is 4.69. The summed E-state index contributed by atoms with van der Waals surface area (Å²) in [6, 6.07) is 7.75. The van der Waals surface area contributed by atoms with E-state index in [-0.39, 0.29) is 5.91 Å². The monoisotopic (exact) mass is 354 g/mol. The molecule has 26 heavy (non-hydrogen) atoms. The molecule has 0 saturated carbocycles. The zero-order valence-corrected chi connectivity index (χ0v) is 15.7. The fourth-order valence-electron chi connectivity index (χ4n) is 3.34. The van der Waals surface area contributed by atoms with E-state index in [1.807, 2.05) is 37.0 Å². The first kappa shape index (κ1) is 18.2. The van der Waals surface area contributed by atoms with Gasteiger partial charge in [0.05, 0.1) is 6.61 Å². The number of amides is 1. The molecule has 1 fully saturated rings. The van der Waals surface area contributed by atoms with E-state index in [1.165, 1.54) is 5.56 Å². The van der Waals surface area contributed by atoms with Crippen molar-refractivity contribution < 1.29 is 9.53 Å². The zero-order chi connectivity index (χ0) is 18.5. The fraction of sp³-hybridized carbons (Fsp3) is 0.450. The lowest BCUT2D eigenvalue weighted by Gasteiger charge is -2.33. The van der Waals surface area contributed by atoms with E-state index >= 15 is 0 Å². The van der Waals surface area contributed by atoms with Gasteiger partial charge in [0.2, 0.25) is 5.88 Å². The molecule has 138 valence electrons. The summed E-state index contributed by atoms with van der Waals surface area (Å²) >= 11 is 0. The van der Waals surface area contributed by atoms with Crippen LogP contribution < -0.4 is 9.64 Å². The second-order valence-corrected chi connectivity index (χ2v) is 6.72. The summed E-state index contributed by atoms with van der Waals surface area (Å²) < 4.78 is 5.53. The number of ether oxygens (including phenoxy) is 1. The smallest absolute Gasteiger partial charge is 0.259 e.